The quantitative estimate of drug-likeness (QED) is 0.589. The number of phenols is 1. The molecule has 0 aromatic heterocycles. The number of carboxylic acids is 1. The van der Waals surface area contributed by atoms with Crippen LogP contribution in [0.2, 0.25) is 0 Å². The summed E-state index contributed by atoms with van der Waals surface area (Å²) in [6.45, 7) is 4.81. The van der Waals surface area contributed by atoms with Gasteiger partial charge in [0.1, 0.15) is 5.75 Å². The molecule has 2 aromatic rings. The molecule has 168 valence electrons. The van der Waals surface area contributed by atoms with Crippen molar-refractivity contribution in [3.05, 3.63) is 52.0 Å². The number of sulfonamides is 1. The number of carbonyl (C=O) groups is 1. The number of phenolic OH excluding ortho intramolecular Hbond substituents is 1. The average Bonchev–Trinajstić information content (AvgIpc) is 2.73. The van der Waals surface area contributed by atoms with E-state index in [0.717, 1.165) is 13.1 Å². The minimum atomic E-state index is -4.10. The van der Waals surface area contributed by atoms with Gasteiger partial charge in [-0.1, -0.05) is 22.9 Å². The van der Waals surface area contributed by atoms with Crippen LogP contribution < -0.4 is 4.31 Å². The van der Waals surface area contributed by atoms with Gasteiger partial charge < -0.3 is 15.1 Å². The van der Waals surface area contributed by atoms with E-state index in [2.05, 4.69) is 20.8 Å². The van der Waals surface area contributed by atoms with Crippen LogP contribution >= 0.6 is 15.9 Å². The van der Waals surface area contributed by atoms with Gasteiger partial charge in [-0.05, 0) is 55.4 Å². The van der Waals surface area contributed by atoms with Crippen molar-refractivity contribution in [2.75, 3.05) is 44.2 Å². The second-order valence-electron chi connectivity index (χ2n) is 7.53. The van der Waals surface area contributed by atoms with E-state index in [9.17, 15) is 23.4 Å². The van der Waals surface area contributed by atoms with Gasteiger partial charge in [-0.15, -0.1) is 0 Å². The third kappa shape index (κ3) is 5.20. The zero-order valence-corrected chi connectivity index (χ0v) is 19.9. The monoisotopic (exact) mass is 511 g/mol. The largest absolute Gasteiger partial charge is 0.508 e. The highest BCUT2D eigenvalue weighted by Crippen LogP contribution is 2.34. The lowest BCUT2D eigenvalue weighted by atomic mass is 10.0. The number of benzene rings is 2. The number of hydrogen-bond acceptors (Lipinski definition) is 6. The summed E-state index contributed by atoms with van der Waals surface area (Å²) in [6.07, 6.45) is 0.458. The van der Waals surface area contributed by atoms with E-state index in [0.29, 0.717) is 29.5 Å². The van der Waals surface area contributed by atoms with Crippen molar-refractivity contribution < 1.29 is 23.4 Å². The Morgan fingerprint density at radius 2 is 1.74 bits per heavy atom. The fraction of sp³-hybridized carbons (Fsp3) is 0.381. The second-order valence-corrected chi connectivity index (χ2v) is 10.3. The smallest absolute Gasteiger partial charge is 0.337 e. The van der Waals surface area contributed by atoms with Gasteiger partial charge >= 0.3 is 5.97 Å². The predicted molar refractivity (Wildman–Crippen MR) is 122 cm³/mol. The third-order valence-electron chi connectivity index (χ3n) is 5.36. The van der Waals surface area contributed by atoms with E-state index >= 15 is 0 Å². The minimum Gasteiger partial charge on any atom is -0.508 e. The van der Waals surface area contributed by atoms with Gasteiger partial charge in [-0.25, -0.2) is 13.2 Å². The molecule has 1 heterocycles. The van der Waals surface area contributed by atoms with Crippen molar-refractivity contribution in [1.82, 2.24) is 9.80 Å². The van der Waals surface area contributed by atoms with Crippen molar-refractivity contribution in [2.45, 2.75) is 18.2 Å². The number of anilines is 1. The lowest BCUT2D eigenvalue weighted by molar-refractivity contribution is 0.0697. The molecule has 3 rings (SSSR count). The maximum Gasteiger partial charge on any atom is 0.337 e. The summed E-state index contributed by atoms with van der Waals surface area (Å²) in [5.74, 6) is -1.25. The molecule has 1 fully saturated rings. The summed E-state index contributed by atoms with van der Waals surface area (Å²) in [4.78, 5) is 16.2. The van der Waals surface area contributed by atoms with Crippen LogP contribution in [0.4, 0.5) is 5.69 Å². The Morgan fingerprint density at radius 1 is 1.13 bits per heavy atom. The van der Waals surface area contributed by atoms with Crippen LogP contribution in [0, 0.1) is 0 Å². The standard InChI is InChI=1S/C21H26BrN3O5S/c1-3-15-12-16(22)13-19(21(27)28)20(15)25(14-24-10-8-23(2)9-11-24)31(29,30)18-6-4-17(26)5-7-18/h4-7,12-13,26H,3,8-11,14H2,1-2H3,(H,27,28). The zero-order valence-electron chi connectivity index (χ0n) is 17.5. The molecular formula is C21H26BrN3O5S. The normalized spacial score (nSPS) is 15.7. The van der Waals surface area contributed by atoms with Crippen molar-refractivity contribution in [1.29, 1.82) is 0 Å². The first-order valence-electron chi connectivity index (χ1n) is 9.92. The van der Waals surface area contributed by atoms with E-state index < -0.39 is 16.0 Å². The van der Waals surface area contributed by atoms with E-state index in [1.165, 1.54) is 34.6 Å². The number of aryl methyl sites for hydroxylation is 1. The lowest BCUT2D eigenvalue weighted by Gasteiger charge is -2.37. The molecule has 1 aliphatic rings. The molecule has 1 saturated heterocycles. The first kappa shape index (κ1) is 23.5. The Balaban J connectivity index is 2.17. The van der Waals surface area contributed by atoms with E-state index in [1.54, 1.807) is 6.07 Å². The Hall–Kier alpha value is -2.14. The summed E-state index contributed by atoms with van der Waals surface area (Å²) >= 11 is 3.34. The van der Waals surface area contributed by atoms with Crippen LogP contribution in [0.3, 0.4) is 0 Å². The van der Waals surface area contributed by atoms with Crippen molar-refractivity contribution in [3.63, 3.8) is 0 Å². The van der Waals surface area contributed by atoms with Gasteiger partial charge in [0.15, 0.2) is 0 Å². The van der Waals surface area contributed by atoms with Crippen molar-refractivity contribution in [3.8, 4) is 5.75 Å². The Morgan fingerprint density at radius 3 is 2.29 bits per heavy atom. The summed E-state index contributed by atoms with van der Waals surface area (Å²) in [6, 6.07) is 8.45. The van der Waals surface area contributed by atoms with Crippen molar-refractivity contribution >= 4 is 37.6 Å². The maximum absolute atomic E-state index is 13.7. The number of aromatic carboxylic acids is 1. The van der Waals surface area contributed by atoms with E-state index in [1.807, 2.05) is 18.9 Å². The highest BCUT2D eigenvalue weighted by atomic mass is 79.9. The lowest BCUT2D eigenvalue weighted by Crippen LogP contribution is -2.50. The third-order valence-corrected chi connectivity index (χ3v) is 7.57. The van der Waals surface area contributed by atoms with Crippen LogP contribution in [-0.2, 0) is 16.4 Å². The number of nitrogens with zero attached hydrogens (tertiary/aromatic N) is 3. The minimum absolute atomic E-state index is 0.0132. The fourth-order valence-corrected chi connectivity index (χ4v) is 5.58. The van der Waals surface area contributed by atoms with E-state index in [-0.39, 0.29) is 28.6 Å². The number of aromatic hydroxyl groups is 1. The number of piperazine rings is 1. The number of halogens is 1. The molecule has 0 aliphatic carbocycles. The number of carboxylic acid groups (broad SMARTS) is 1. The number of likely N-dealkylation sites (N-methyl/N-ethyl adjacent to an activating group) is 1. The van der Waals surface area contributed by atoms with Crippen LogP contribution in [0.15, 0.2) is 45.8 Å². The highest BCUT2D eigenvalue weighted by molar-refractivity contribution is 9.10. The Kier molecular flexibility index (Phi) is 7.25. The molecule has 0 atom stereocenters. The van der Waals surface area contributed by atoms with Gasteiger partial charge in [-0.3, -0.25) is 9.21 Å². The average molecular weight is 512 g/mol. The van der Waals surface area contributed by atoms with Crippen molar-refractivity contribution in [2.24, 2.45) is 0 Å². The summed E-state index contributed by atoms with van der Waals surface area (Å²) in [5, 5.41) is 19.5. The topological polar surface area (TPSA) is 101 Å². The van der Waals surface area contributed by atoms with Gasteiger partial charge in [0.2, 0.25) is 0 Å². The molecule has 0 unspecified atom stereocenters. The van der Waals surface area contributed by atoms with Gasteiger partial charge in [0.25, 0.3) is 10.0 Å². The molecule has 2 aromatic carbocycles. The van der Waals surface area contributed by atoms with Crippen LogP contribution in [0.5, 0.6) is 5.75 Å². The molecule has 0 amide bonds. The second kappa shape index (κ2) is 9.56. The maximum atomic E-state index is 13.7. The van der Waals surface area contributed by atoms with Gasteiger partial charge in [0.05, 0.1) is 22.8 Å². The number of hydrogen-bond donors (Lipinski definition) is 2. The summed E-state index contributed by atoms with van der Waals surface area (Å²) in [7, 11) is -2.09. The van der Waals surface area contributed by atoms with Crippen LogP contribution in [0.25, 0.3) is 0 Å². The highest BCUT2D eigenvalue weighted by Gasteiger charge is 2.32. The van der Waals surface area contributed by atoms with Gasteiger partial charge in [-0.2, -0.15) is 0 Å². The number of rotatable bonds is 7. The molecule has 0 bridgehead atoms. The molecule has 0 radical (unpaired) electrons. The molecular weight excluding hydrogens is 486 g/mol. The molecule has 31 heavy (non-hydrogen) atoms. The molecule has 2 N–H and O–H groups in total. The molecule has 0 spiro atoms. The summed E-state index contributed by atoms with van der Waals surface area (Å²) < 4.78 is 29.2. The van der Waals surface area contributed by atoms with Gasteiger partial charge in [0, 0.05) is 30.7 Å². The summed E-state index contributed by atoms with van der Waals surface area (Å²) in [5.41, 5.74) is 0.705. The first-order chi connectivity index (χ1) is 14.6. The Bertz CT molecular complexity index is 1050. The fourth-order valence-electron chi connectivity index (χ4n) is 3.57. The van der Waals surface area contributed by atoms with Crippen LogP contribution in [0.1, 0.15) is 22.8 Å². The van der Waals surface area contributed by atoms with Crippen LogP contribution in [-0.4, -0.2) is 74.3 Å². The zero-order chi connectivity index (χ0) is 22.8. The molecule has 1 aliphatic heterocycles. The molecule has 8 nitrogen and oxygen atoms in total. The predicted octanol–water partition coefficient (Wildman–Crippen LogP) is 2.82. The first-order valence-corrected chi connectivity index (χ1v) is 12.1. The SMILES string of the molecule is CCc1cc(Br)cc(C(=O)O)c1N(CN1CCN(C)CC1)S(=O)(=O)c1ccc(O)cc1. The molecule has 10 heteroatoms. The Labute approximate surface area is 190 Å². The molecule has 0 saturated carbocycles. The van der Waals surface area contributed by atoms with E-state index in [4.69, 9.17) is 0 Å².